The molecule has 1 fully saturated rings. The van der Waals surface area contributed by atoms with Crippen LogP contribution in [0.4, 0.5) is 24.5 Å². The number of aliphatic hydroxyl groups is 1. The smallest absolute Gasteiger partial charge is 0.466 e. The van der Waals surface area contributed by atoms with E-state index >= 15 is 0 Å². The maximum Gasteiger partial charge on any atom is 0.471 e. The van der Waals surface area contributed by atoms with E-state index < -0.39 is 24.0 Å². The van der Waals surface area contributed by atoms with Gasteiger partial charge in [-0.05, 0) is 18.2 Å². The lowest BCUT2D eigenvalue weighted by atomic mass is 10.1. The molecule has 2 aliphatic heterocycles. The summed E-state index contributed by atoms with van der Waals surface area (Å²) in [5, 5.41) is 12.4. The van der Waals surface area contributed by atoms with Gasteiger partial charge in [-0.1, -0.05) is 11.6 Å². The van der Waals surface area contributed by atoms with E-state index in [1.54, 1.807) is 17.0 Å². The van der Waals surface area contributed by atoms with E-state index in [-0.39, 0.29) is 57.1 Å². The Hall–Kier alpha value is -2.99. The molecule has 1 saturated heterocycles. The lowest BCUT2D eigenvalue weighted by Crippen LogP contribution is -2.52. The molecule has 0 unspecified atom stereocenters. The number of piperazine rings is 1. The number of alkyl halides is 3. The topological polar surface area (TPSA) is 102 Å². The average Bonchev–Trinajstić information content (AvgIpc) is 3.08. The van der Waals surface area contributed by atoms with E-state index in [1.165, 1.54) is 18.1 Å². The van der Waals surface area contributed by atoms with Gasteiger partial charge in [0.15, 0.2) is 0 Å². The Morgan fingerprint density at radius 2 is 1.88 bits per heavy atom. The van der Waals surface area contributed by atoms with Crippen LogP contribution in [0.1, 0.15) is 0 Å². The van der Waals surface area contributed by atoms with E-state index in [1.807, 2.05) is 0 Å². The van der Waals surface area contributed by atoms with Crippen LogP contribution in [0.3, 0.4) is 0 Å². The van der Waals surface area contributed by atoms with E-state index in [0.29, 0.717) is 16.4 Å². The van der Waals surface area contributed by atoms with Gasteiger partial charge in [-0.25, -0.2) is 4.79 Å². The third-order valence-corrected chi connectivity index (χ3v) is 5.56. The van der Waals surface area contributed by atoms with Crippen LogP contribution in [0.25, 0.3) is 0 Å². The molecule has 13 heteroatoms. The van der Waals surface area contributed by atoms with Gasteiger partial charge in [-0.3, -0.25) is 9.59 Å². The van der Waals surface area contributed by atoms with E-state index in [9.17, 15) is 32.7 Å². The molecule has 0 saturated carbocycles. The molecule has 2 heterocycles. The number of carbonyl (C=O) groups is 3. The molecule has 0 aliphatic carbocycles. The fourth-order valence-corrected chi connectivity index (χ4v) is 3.87. The largest absolute Gasteiger partial charge is 0.471 e. The molecule has 33 heavy (non-hydrogen) atoms. The molecule has 2 amide bonds. The highest BCUT2D eigenvalue weighted by molar-refractivity contribution is 6.31. The molecule has 9 nitrogen and oxygen atoms in total. The Morgan fingerprint density at radius 3 is 2.45 bits per heavy atom. The molecule has 0 atom stereocenters. The summed E-state index contributed by atoms with van der Waals surface area (Å²) in [4.78, 5) is 40.3. The van der Waals surface area contributed by atoms with Gasteiger partial charge in [-0.15, -0.1) is 0 Å². The first kappa shape index (κ1) is 24.6. The minimum atomic E-state index is -4.94. The predicted octanol–water partition coefficient (Wildman–Crippen LogP) is 1.22. The number of β-amino-alcohol motifs (C(OH)–C–C–N with tert-alkyl or cyclic N) is 1. The van der Waals surface area contributed by atoms with Crippen LogP contribution in [0, 0.1) is 0 Å². The monoisotopic (exact) mass is 490 g/mol. The van der Waals surface area contributed by atoms with Gasteiger partial charge in [0, 0.05) is 37.7 Å². The third kappa shape index (κ3) is 5.33. The number of hydrogen-bond acceptors (Lipinski definition) is 7. The zero-order chi connectivity index (χ0) is 24.3. The number of esters is 1. The first-order chi connectivity index (χ1) is 15.6. The fourth-order valence-electron chi connectivity index (χ4n) is 3.70. The number of methoxy groups -OCH3 is 1. The number of nitrogens with one attached hydrogen (secondary N) is 1. The Bertz CT molecular complexity index is 977. The maximum absolute atomic E-state index is 12.8. The number of carbonyl (C=O) groups excluding carboxylic acids is 3. The quantitative estimate of drug-likeness (QED) is 0.578. The van der Waals surface area contributed by atoms with Crippen molar-refractivity contribution in [1.29, 1.82) is 0 Å². The van der Waals surface area contributed by atoms with Crippen LogP contribution in [-0.4, -0.2) is 91.9 Å². The Kier molecular flexibility index (Phi) is 7.38. The lowest BCUT2D eigenvalue weighted by Gasteiger charge is -2.37. The maximum atomic E-state index is 12.8. The second kappa shape index (κ2) is 9.87. The Labute approximate surface area is 192 Å². The van der Waals surface area contributed by atoms with E-state index in [2.05, 4.69) is 5.32 Å². The number of nitrogens with zero attached hydrogens (tertiary/aromatic N) is 3. The molecule has 2 aliphatic rings. The van der Waals surface area contributed by atoms with Crippen molar-refractivity contribution >= 4 is 40.8 Å². The third-order valence-electron chi connectivity index (χ3n) is 5.32. The first-order valence-electron chi connectivity index (χ1n) is 9.96. The van der Waals surface area contributed by atoms with Gasteiger partial charge in [0.1, 0.15) is 5.70 Å². The molecular formula is C20H22ClF3N4O5. The summed E-state index contributed by atoms with van der Waals surface area (Å²) in [5.41, 5.74) is 0.921. The summed E-state index contributed by atoms with van der Waals surface area (Å²) >= 11 is 6.12. The molecule has 0 bridgehead atoms. The number of amides is 2. The van der Waals surface area contributed by atoms with Crippen molar-refractivity contribution in [3.8, 4) is 0 Å². The minimum Gasteiger partial charge on any atom is -0.466 e. The number of rotatable bonds is 6. The summed E-state index contributed by atoms with van der Waals surface area (Å²) < 4.78 is 42.9. The van der Waals surface area contributed by atoms with Crippen LogP contribution in [0.15, 0.2) is 29.5 Å². The minimum absolute atomic E-state index is 0.0160. The molecule has 3 rings (SSSR count). The van der Waals surface area contributed by atoms with Crippen molar-refractivity contribution in [3.05, 3.63) is 34.5 Å². The second-order valence-corrected chi connectivity index (χ2v) is 7.80. The number of benzene rings is 1. The molecule has 180 valence electrons. The number of aliphatic hydroxyl groups excluding tert-OH is 1. The molecule has 0 aromatic heterocycles. The summed E-state index contributed by atoms with van der Waals surface area (Å²) in [7, 11) is 1.18. The van der Waals surface area contributed by atoms with Gasteiger partial charge in [0.25, 0.3) is 5.91 Å². The van der Waals surface area contributed by atoms with Gasteiger partial charge in [0.05, 0.1) is 37.2 Å². The molecule has 0 radical (unpaired) electrons. The van der Waals surface area contributed by atoms with Crippen LogP contribution in [0.2, 0.25) is 5.02 Å². The normalized spacial score (nSPS) is 17.0. The standard InChI is InChI=1S/C20H22ClF3N4O5/c1-33-18(31)13-11-28(8-9-29)17(30)16(13)25-14-10-12(21)2-3-15(14)26-4-6-27(7-5-26)19(32)20(22,23)24/h2-3,10,25,29H,4-9,11H2,1H3. The number of anilines is 2. The summed E-state index contributed by atoms with van der Waals surface area (Å²) in [6.45, 7) is -0.377. The van der Waals surface area contributed by atoms with Crippen LogP contribution in [-0.2, 0) is 19.1 Å². The molecule has 2 N–H and O–H groups in total. The first-order valence-corrected chi connectivity index (χ1v) is 10.3. The van der Waals surface area contributed by atoms with Crippen molar-refractivity contribution in [1.82, 2.24) is 9.80 Å². The van der Waals surface area contributed by atoms with E-state index in [0.717, 1.165) is 4.90 Å². The average molecular weight is 491 g/mol. The Morgan fingerprint density at radius 1 is 1.21 bits per heavy atom. The van der Waals surface area contributed by atoms with Crippen molar-refractivity contribution in [2.75, 3.05) is 63.2 Å². The number of ether oxygens (including phenoxy) is 1. The van der Waals surface area contributed by atoms with Crippen molar-refractivity contribution < 1.29 is 37.4 Å². The van der Waals surface area contributed by atoms with E-state index in [4.69, 9.17) is 16.3 Å². The summed E-state index contributed by atoms with van der Waals surface area (Å²) in [6.07, 6.45) is -4.94. The summed E-state index contributed by atoms with van der Waals surface area (Å²) in [5.74, 6) is -3.12. The number of halogens is 4. The van der Waals surface area contributed by atoms with Crippen LogP contribution in [0.5, 0.6) is 0 Å². The molecule has 1 aromatic carbocycles. The Balaban J connectivity index is 1.85. The highest BCUT2D eigenvalue weighted by Crippen LogP contribution is 2.33. The van der Waals surface area contributed by atoms with Crippen molar-refractivity contribution in [3.63, 3.8) is 0 Å². The zero-order valence-electron chi connectivity index (χ0n) is 17.6. The van der Waals surface area contributed by atoms with Gasteiger partial charge < -0.3 is 29.9 Å². The van der Waals surface area contributed by atoms with Gasteiger partial charge in [-0.2, -0.15) is 13.2 Å². The highest BCUT2D eigenvalue weighted by Gasteiger charge is 2.43. The fraction of sp³-hybridized carbons (Fsp3) is 0.450. The second-order valence-electron chi connectivity index (χ2n) is 7.36. The molecule has 1 aromatic rings. The van der Waals surface area contributed by atoms with Gasteiger partial charge in [0.2, 0.25) is 0 Å². The SMILES string of the molecule is COC(=O)C1=C(Nc2cc(Cl)ccc2N2CCN(C(=O)C(F)(F)F)CC2)C(=O)N(CCO)C1. The predicted molar refractivity (Wildman–Crippen MR) is 113 cm³/mol. The van der Waals surface area contributed by atoms with Crippen LogP contribution < -0.4 is 10.2 Å². The number of hydrogen-bond donors (Lipinski definition) is 2. The molecular weight excluding hydrogens is 469 g/mol. The zero-order valence-corrected chi connectivity index (χ0v) is 18.4. The van der Waals surface area contributed by atoms with Crippen molar-refractivity contribution in [2.24, 2.45) is 0 Å². The highest BCUT2D eigenvalue weighted by atomic mass is 35.5. The summed E-state index contributed by atoms with van der Waals surface area (Å²) in [6, 6.07) is 4.74. The van der Waals surface area contributed by atoms with Gasteiger partial charge >= 0.3 is 18.1 Å². The van der Waals surface area contributed by atoms with Crippen LogP contribution >= 0.6 is 11.6 Å². The molecule has 0 spiro atoms. The lowest BCUT2D eigenvalue weighted by molar-refractivity contribution is -0.185. The van der Waals surface area contributed by atoms with Crippen molar-refractivity contribution in [2.45, 2.75) is 6.18 Å².